The van der Waals surface area contributed by atoms with Gasteiger partial charge in [0.05, 0.1) is 10.8 Å². The minimum atomic E-state index is -3.57. The van der Waals surface area contributed by atoms with E-state index in [1.54, 1.807) is 24.3 Å². The van der Waals surface area contributed by atoms with Crippen LogP contribution in [0.5, 0.6) is 0 Å². The third-order valence-corrected chi connectivity index (χ3v) is 7.18. The molecule has 2 aromatic rings. The Hall–Kier alpha value is -2.18. The average Bonchev–Trinajstić information content (AvgIpc) is 2.72. The number of nitrogens with zero attached hydrogens (tertiary/aromatic N) is 2. The lowest BCUT2D eigenvalue weighted by molar-refractivity contribution is -0.137. The summed E-state index contributed by atoms with van der Waals surface area (Å²) in [5.74, 6) is -0.257. The maximum atomic E-state index is 13.1. The first-order chi connectivity index (χ1) is 13.4. The average molecular weight is 401 g/mol. The monoisotopic (exact) mass is 400 g/mol. The quantitative estimate of drug-likeness (QED) is 0.746. The highest BCUT2D eigenvalue weighted by Gasteiger charge is 2.34. The Balaban J connectivity index is 1.72. The molecule has 0 spiro atoms. The fourth-order valence-corrected chi connectivity index (χ4v) is 5.15. The molecular weight excluding hydrogens is 372 g/mol. The molecule has 150 valence electrons. The number of carbonyl (C=O) groups is 1. The minimum Gasteiger partial charge on any atom is -0.338 e. The number of rotatable bonds is 6. The van der Waals surface area contributed by atoms with Crippen LogP contribution in [0, 0.1) is 12.8 Å². The van der Waals surface area contributed by atoms with E-state index in [-0.39, 0.29) is 18.4 Å². The van der Waals surface area contributed by atoms with Crippen molar-refractivity contribution >= 4 is 15.9 Å². The van der Waals surface area contributed by atoms with Gasteiger partial charge in [0.2, 0.25) is 15.9 Å². The van der Waals surface area contributed by atoms with Crippen molar-refractivity contribution in [3.05, 3.63) is 65.7 Å². The van der Waals surface area contributed by atoms with Gasteiger partial charge in [0.25, 0.3) is 0 Å². The van der Waals surface area contributed by atoms with Gasteiger partial charge in [-0.05, 0) is 44.4 Å². The Labute approximate surface area is 168 Å². The summed E-state index contributed by atoms with van der Waals surface area (Å²) in [5.41, 5.74) is 2.10. The van der Waals surface area contributed by atoms with Crippen molar-refractivity contribution in [1.82, 2.24) is 9.21 Å². The molecule has 1 aliphatic rings. The Morgan fingerprint density at radius 2 is 1.79 bits per heavy atom. The number of amides is 1. The number of benzene rings is 2. The SMILES string of the molecule is CCN(Cc1ccccc1)C(=O)C1CCCN(S(=O)(=O)c2ccc(C)cc2)C1. The zero-order valence-corrected chi connectivity index (χ0v) is 17.4. The standard InChI is InChI=1S/C22H28N2O3S/c1-3-23(16-19-8-5-4-6-9-19)22(25)20-10-7-15-24(17-20)28(26,27)21-13-11-18(2)12-14-21/h4-6,8-9,11-14,20H,3,7,10,15-17H2,1-2H3. The van der Waals surface area contributed by atoms with Crippen LogP contribution in [0.4, 0.5) is 0 Å². The fourth-order valence-electron chi connectivity index (χ4n) is 3.63. The molecule has 2 aromatic carbocycles. The van der Waals surface area contributed by atoms with Gasteiger partial charge in [-0.2, -0.15) is 4.31 Å². The van der Waals surface area contributed by atoms with Crippen LogP contribution in [0.3, 0.4) is 0 Å². The second-order valence-electron chi connectivity index (χ2n) is 7.35. The zero-order chi connectivity index (χ0) is 20.1. The first-order valence-corrected chi connectivity index (χ1v) is 11.3. The van der Waals surface area contributed by atoms with Gasteiger partial charge in [0, 0.05) is 26.2 Å². The first-order valence-electron chi connectivity index (χ1n) is 9.81. The van der Waals surface area contributed by atoms with Crippen molar-refractivity contribution in [2.24, 2.45) is 5.92 Å². The van der Waals surface area contributed by atoms with Crippen LogP contribution >= 0.6 is 0 Å². The fraction of sp³-hybridized carbons (Fsp3) is 0.409. The van der Waals surface area contributed by atoms with Crippen molar-refractivity contribution in [3.63, 3.8) is 0 Å². The lowest BCUT2D eigenvalue weighted by Gasteiger charge is -2.34. The molecule has 3 rings (SSSR count). The molecule has 1 fully saturated rings. The van der Waals surface area contributed by atoms with Gasteiger partial charge in [0.1, 0.15) is 0 Å². The summed E-state index contributed by atoms with van der Waals surface area (Å²) in [5, 5.41) is 0. The second-order valence-corrected chi connectivity index (χ2v) is 9.29. The van der Waals surface area contributed by atoms with E-state index < -0.39 is 10.0 Å². The summed E-state index contributed by atoms with van der Waals surface area (Å²) < 4.78 is 27.5. The van der Waals surface area contributed by atoms with Crippen molar-refractivity contribution in [2.75, 3.05) is 19.6 Å². The van der Waals surface area contributed by atoms with Crippen molar-refractivity contribution in [1.29, 1.82) is 0 Å². The molecule has 0 radical (unpaired) electrons. The molecule has 1 amide bonds. The summed E-state index contributed by atoms with van der Waals surface area (Å²) in [7, 11) is -3.57. The van der Waals surface area contributed by atoms with Gasteiger partial charge in [0.15, 0.2) is 0 Å². The lowest BCUT2D eigenvalue weighted by Crippen LogP contribution is -2.46. The minimum absolute atomic E-state index is 0.0372. The van der Waals surface area contributed by atoms with Gasteiger partial charge in [-0.25, -0.2) is 8.42 Å². The van der Waals surface area contributed by atoms with E-state index in [1.165, 1.54) is 4.31 Å². The molecule has 5 nitrogen and oxygen atoms in total. The molecule has 6 heteroatoms. The number of sulfonamides is 1. The molecule has 0 N–H and O–H groups in total. The molecule has 1 saturated heterocycles. The summed E-state index contributed by atoms with van der Waals surface area (Å²) >= 11 is 0. The van der Waals surface area contributed by atoms with E-state index in [4.69, 9.17) is 0 Å². The van der Waals surface area contributed by atoms with Crippen molar-refractivity contribution in [3.8, 4) is 0 Å². The van der Waals surface area contributed by atoms with Gasteiger partial charge >= 0.3 is 0 Å². The zero-order valence-electron chi connectivity index (χ0n) is 16.5. The maximum Gasteiger partial charge on any atom is 0.243 e. The largest absolute Gasteiger partial charge is 0.338 e. The topological polar surface area (TPSA) is 57.7 Å². The van der Waals surface area contributed by atoms with E-state index in [1.807, 2.05) is 49.1 Å². The van der Waals surface area contributed by atoms with E-state index in [2.05, 4.69) is 0 Å². The highest BCUT2D eigenvalue weighted by Crippen LogP contribution is 2.25. The van der Waals surface area contributed by atoms with Crippen LogP contribution < -0.4 is 0 Å². The van der Waals surface area contributed by atoms with Gasteiger partial charge in [-0.15, -0.1) is 0 Å². The van der Waals surface area contributed by atoms with Crippen molar-refractivity contribution < 1.29 is 13.2 Å². The van der Waals surface area contributed by atoms with Crippen LogP contribution in [0.2, 0.25) is 0 Å². The second kappa shape index (κ2) is 8.88. The predicted molar refractivity (Wildman–Crippen MR) is 110 cm³/mol. The molecule has 28 heavy (non-hydrogen) atoms. The molecule has 0 aromatic heterocycles. The van der Waals surface area contributed by atoms with Gasteiger partial charge in [-0.3, -0.25) is 4.79 Å². The Bertz CT molecular complexity index is 895. The summed E-state index contributed by atoms with van der Waals surface area (Å²) in [6, 6.07) is 16.8. The Morgan fingerprint density at radius 3 is 2.43 bits per heavy atom. The molecule has 0 aliphatic carbocycles. The summed E-state index contributed by atoms with van der Waals surface area (Å²) in [6.45, 7) is 5.76. The van der Waals surface area contributed by atoms with E-state index in [9.17, 15) is 13.2 Å². The molecule has 1 unspecified atom stereocenters. The summed E-state index contributed by atoms with van der Waals surface area (Å²) in [4.78, 5) is 15.2. The Kier molecular flexibility index (Phi) is 6.52. The first kappa shape index (κ1) is 20.6. The van der Waals surface area contributed by atoms with E-state index >= 15 is 0 Å². The number of carbonyl (C=O) groups excluding carboxylic acids is 1. The maximum absolute atomic E-state index is 13.1. The van der Waals surface area contributed by atoms with Crippen molar-refractivity contribution in [2.45, 2.75) is 38.1 Å². The third kappa shape index (κ3) is 4.62. The highest BCUT2D eigenvalue weighted by molar-refractivity contribution is 7.89. The molecule has 1 heterocycles. The third-order valence-electron chi connectivity index (χ3n) is 5.30. The molecule has 0 bridgehead atoms. The molecular formula is C22H28N2O3S. The predicted octanol–water partition coefficient (Wildman–Crippen LogP) is 3.44. The van der Waals surface area contributed by atoms with Gasteiger partial charge in [-0.1, -0.05) is 48.0 Å². The molecule has 1 aliphatic heterocycles. The smallest absolute Gasteiger partial charge is 0.243 e. The highest BCUT2D eigenvalue weighted by atomic mass is 32.2. The van der Waals surface area contributed by atoms with E-state index in [0.29, 0.717) is 31.0 Å². The number of piperidine rings is 1. The van der Waals surface area contributed by atoms with E-state index in [0.717, 1.165) is 17.5 Å². The van der Waals surface area contributed by atoms with Crippen LogP contribution in [0.15, 0.2) is 59.5 Å². The normalized spacial score (nSPS) is 18.0. The number of hydrogen-bond acceptors (Lipinski definition) is 3. The van der Waals surface area contributed by atoms with Crippen LogP contribution in [0.1, 0.15) is 30.9 Å². The van der Waals surface area contributed by atoms with Crippen LogP contribution in [0.25, 0.3) is 0 Å². The summed E-state index contributed by atoms with van der Waals surface area (Å²) in [6.07, 6.45) is 1.43. The molecule has 0 saturated carbocycles. The van der Waals surface area contributed by atoms with Crippen LogP contribution in [-0.2, 0) is 21.4 Å². The van der Waals surface area contributed by atoms with Gasteiger partial charge < -0.3 is 4.90 Å². The lowest BCUT2D eigenvalue weighted by atomic mass is 9.98. The molecule has 1 atom stereocenters. The number of aryl methyl sites for hydroxylation is 1. The number of hydrogen-bond donors (Lipinski definition) is 0. The Morgan fingerprint density at radius 1 is 1.11 bits per heavy atom. The van der Waals surface area contributed by atoms with Crippen LogP contribution in [-0.4, -0.2) is 43.2 Å².